The minimum Gasteiger partial charge on any atom is -0.457 e. The lowest BCUT2D eigenvalue weighted by Crippen LogP contribution is -2.48. The highest BCUT2D eigenvalue weighted by Crippen LogP contribution is 2.56. The molecule has 6 rings (SSSR count). The number of imidazole rings is 1. The second-order valence-corrected chi connectivity index (χ2v) is 16.6. The van der Waals surface area contributed by atoms with Crippen molar-refractivity contribution in [2.45, 2.75) is 131 Å². The summed E-state index contributed by atoms with van der Waals surface area (Å²) in [5.74, 6) is 1.09. The number of methoxy groups -OCH3 is 1. The molecule has 0 N–H and O–H groups in total. The van der Waals surface area contributed by atoms with Crippen LogP contribution in [0.25, 0.3) is 11.2 Å². The molecule has 2 aromatic heterocycles. The summed E-state index contributed by atoms with van der Waals surface area (Å²) in [7, 11) is 1.61. The van der Waals surface area contributed by atoms with Crippen LogP contribution in [-0.2, 0) is 33.3 Å². The second-order valence-electron chi connectivity index (χ2n) is 16.2. The van der Waals surface area contributed by atoms with Gasteiger partial charge in [0, 0.05) is 18.9 Å². The fourth-order valence-corrected chi connectivity index (χ4v) is 7.58. The Morgan fingerprint density at radius 3 is 1.83 bits per heavy atom. The number of hydrogen-bond acceptors (Lipinski definition) is 10. The SMILES string of the molecule is CC1CC2(C1)O[C@@H](n1cnc3c(Cl)ncnc31)[C@H](OC(=O)C(C)(C)C)[C@@H]2C.CO[C@@H]1OC2(CC(C)C2)[C@@H](C)[C@H]1OC(=O)C(C)(C)C. The van der Waals surface area contributed by atoms with E-state index in [1.807, 2.05) is 46.1 Å². The van der Waals surface area contributed by atoms with E-state index < -0.39 is 29.5 Å². The first-order chi connectivity index (χ1) is 21.3. The number of carbonyl (C=O) groups excluding carboxylic acids is 2. The lowest BCUT2D eigenvalue weighted by atomic mass is 9.65. The molecule has 256 valence electrons. The Morgan fingerprint density at radius 2 is 1.33 bits per heavy atom. The van der Waals surface area contributed by atoms with Gasteiger partial charge in [-0.15, -0.1) is 0 Å². The van der Waals surface area contributed by atoms with Gasteiger partial charge >= 0.3 is 11.9 Å². The molecule has 2 saturated carbocycles. The molecule has 2 spiro atoms. The molecule has 2 aliphatic heterocycles. The summed E-state index contributed by atoms with van der Waals surface area (Å²) in [5, 5.41) is 0.292. The van der Waals surface area contributed by atoms with Crippen LogP contribution in [0.3, 0.4) is 0 Å². The van der Waals surface area contributed by atoms with E-state index in [1.54, 1.807) is 13.4 Å². The smallest absolute Gasteiger partial charge is 0.311 e. The van der Waals surface area contributed by atoms with Gasteiger partial charge in [0.25, 0.3) is 0 Å². The number of ether oxygens (including phenoxy) is 5. The maximum Gasteiger partial charge on any atom is 0.311 e. The average Bonchev–Trinajstić information content (AvgIpc) is 3.56. The molecule has 0 aromatic carbocycles. The number of nitrogens with zero attached hydrogens (tertiary/aromatic N) is 4. The monoisotopic (exact) mass is 662 g/mol. The van der Waals surface area contributed by atoms with Crippen molar-refractivity contribution in [3.05, 3.63) is 17.8 Å². The highest BCUT2D eigenvalue weighted by molar-refractivity contribution is 6.33. The number of hydrogen-bond donors (Lipinski definition) is 0. The van der Waals surface area contributed by atoms with E-state index in [0.29, 0.717) is 28.2 Å². The Labute approximate surface area is 277 Å². The van der Waals surface area contributed by atoms with Crippen molar-refractivity contribution >= 4 is 34.7 Å². The van der Waals surface area contributed by atoms with Crippen molar-refractivity contribution in [2.75, 3.05) is 7.11 Å². The molecule has 4 aliphatic rings. The Kier molecular flexibility index (Phi) is 9.34. The normalized spacial score (nSPS) is 37.0. The van der Waals surface area contributed by atoms with Gasteiger partial charge in [-0.1, -0.05) is 39.3 Å². The summed E-state index contributed by atoms with van der Waals surface area (Å²) >= 11 is 6.15. The van der Waals surface area contributed by atoms with Crippen molar-refractivity contribution < 1.29 is 33.3 Å². The zero-order valence-electron chi connectivity index (χ0n) is 29.1. The molecule has 0 amide bonds. The van der Waals surface area contributed by atoms with Gasteiger partial charge in [-0.05, 0) is 79.1 Å². The van der Waals surface area contributed by atoms with Crippen LogP contribution in [-0.4, -0.2) is 68.3 Å². The van der Waals surface area contributed by atoms with Gasteiger partial charge in [-0.25, -0.2) is 15.0 Å². The highest BCUT2D eigenvalue weighted by Gasteiger charge is 2.61. The molecule has 0 radical (unpaired) electrons. The van der Waals surface area contributed by atoms with Crippen LogP contribution in [0.15, 0.2) is 12.7 Å². The Bertz CT molecular complexity index is 1440. The zero-order chi connectivity index (χ0) is 34.0. The van der Waals surface area contributed by atoms with Gasteiger partial charge in [0.05, 0.1) is 28.4 Å². The summed E-state index contributed by atoms with van der Waals surface area (Å²) in [6.07, 6.45) is 5.35. The van der Waals surface area contributed by atoms with E-state index in [0.717, 1.165) is 25.7 Å². The minimum atomic E-state index is -0.588. The highest BCUT2D eigenvalue weighted by atomic mass is 35.5. The lowest BCUT2D eigenvalue weighted by molar-refractivity contribution is -0.213. The summed E-state index contributed by atoms with van der Waals surface area (Å²) in [5.41, 5.74) is -0.424. The van der Waals surface area contributed by atoms with Crippen molar-refractivity contribution in [3.63, 3.8) is 0 Å². The van der Waals surface area contributed by atoms with Gasteiger partial charge in [-0.3, -0.25) is 14.2 Å². The standard InChI is InChI=1S/C19H25ClN4O3.C15H26O4/c1-10-6-19(7-10)11(2)13(26-17(25)18(3,4)5)16(27-19)24-9-23-12-14(20)21-8-22-15(12)24;1-9-7-15(8-9)10(2)11(12(17-6)19-15)18-13(16)14(3,4)5/h8-11,13,16H,6-7H2,1-5H3;9-12H,7-8H2,1-6H3/t10?,11-,13+,16+,19?;9?,10-,11+,12+,15?/m00/s1. The van der Waals surface area contributed by atoms with Gasteiger partial charge in [0.2, 0.25) is 0 Å². The maximum atomic E-state index is 12.6. The minimum absolute atomic E-state index is 0.0692. The molecular weight excluding hydrogens is 612 g/mol. The van der Waals surface area contributed by atoms with Gasteiger partial charge in [0.15, 0.2) is 35.5 Å². The predicted molar refractivity (Wildman–Crippen MR) is 172 cm³/mol. The van der Waals surface area contributed by atoms with Crippen LogP contribution in [0.1, 0.15) is 101 Å². The first-order valence-electron chi connectivity index (χ1n) is 16.5. The molecule has 0 bridgehead atoms. The van der Waals surface area contributed by atoms with Crippen molar-refractivity contribution in [3.8, 4) is 0 Å². The molecule has 2 aliphatic carbocycles. The van der Waals surface area contributed by atoms with E-state index in [1.165, 1.54) is 6.33 Å². The van der Waals surface area contributed by atoms with Gasteiger partial charge < -0.3 is 23.7 Å². The maximum absolute atomic E-state index is 12.6. The Balaban J connectivity index is 0.000000193. The van der Waals surface area contributed by atoms with E-state index in [-0.39, 0.29) is 41.1 Å². The topological polar surface area (TPSA) is 124 Å². The summed E-state index contributed by atoms with van der Waals surface area (Å²) in [4.78, 5) is 37.4. The van der Waals surface area contributed by atoms with E-state index >= 15 is 0 Å². The summed E-state index contributed by atoms with van der Waals surface area (Å²) in [6, 6.07) is 0. The number of aromatic nitrogens is 4. The molecule has 6 atom stereocenters. The predicted octanol–water partition coefficient (Wildman–Crippen LogP) is 6.52. The molecule has 4 heterocycles. The third kappa shape index (κ3) is 6.29. The van der Waals surface area contributed by atoms with Crippen molar-refractivity contribution in [2.24, 2.45) is 34.5 Å². The molecular formula is C34H51ClN4O7. The van der Waals surface area contributed by atoms with Gasteiger partial charge in [0.1, 0.15) is 11.8 Å². The Morgan fingerprint density at radius 1 is 0.826 bits per heavy atom. The largest absolute Gasteiger partial charge is 0.457 e. The average molecular weight is 663 g/mol. The fraction of sp³-hybridized carbons (Fsp3) is 0.794. The number of esters is 2. The third-order valence-corrected chi connectivity index (χ3v) is 10.5. The number of halogens is 1. The summed E-state index contributed by atoms with van der Waals surface area (Å²) in [6.45, 7) is 19.8. The molecule has 4 fully saturated rings. The molecule has 2 aromatic rings. The fourth-order valence-electron chi connectivity index (χ4n) is 7.40. The number of fused-ring (bicyclic) bond motifs is 1. The Hall–Kier alpha value is -2.34. The molecule has 0 unspecified atom stereocenters. The van der Waals surface area contributed by atoms with Crippen LogP contribution in [0.2, 0.25) is 5.15 Å². The van der Waals surface area contributed by atoms with Crippen LogP contribution in [0.5, 0.6) is 0 Å². The summed E-state index contributed by atoms with van der Waals surface area (Å²) < 4.78 is 31.4. The van der Waals surface area contributed by atoms with E-state index in [4.69, 9.17) is 35.3 Å². The molecule has 2 saturated heterocycles. The van der Waals surface area contributed by atoms with Crippen LogP contribution >= 0.6 is 11.6 Å². The van der Waals surface area contributed by atoms with Crippen molar-refractivity contribution in [1.29, 1.82) is 0 Å². The molecule has 12 heteroatoms. The first-order valence-corrected chi connectivity index (χ1v) is 16.8. The zero-order valence-corrected chi connectivity index (χ0v) is 29.9. The third-order valence-electron chi connectivity index (χ3n) is 10.2. The van der Waals surface area contributed by atoms with Crippen LogP contribution in [0.4, 0.5) is 0 Å². The van der Waals surface area contributed by atoms with E-state index in [9.17, 15) is 9.59 Å². The number of carbonyl (C=O) groups is 2. The van der Waals surface area contributed by atoms with Crippen LogP contribution in [0, 0.1) is 34.5 Å². The quantitative estimate of drug-likeness (QED) is 0.264. The second kappa shape index (κ2) is 12.3. The first kappa shape index (κ1) is 35.0. The molecule has 46 heavy (non-hydrogen) atoms. The van der Waals surface area contributed by atoms with Crippen LogP contribution < -0.4 is 0 Å². The molecule has 11 nitrogen and oxygen atoms in total. The van der Waals surface area contributed by atoms with E-state index in [2.05, 4.69) is 42.6 Å². The number of rotatable bonds is 4. The van der Waals surface area contributed by atoms with Gasteiger partial charge in [-0.2, -0.15) is 0 Å². The lowest BCUT2D eigenvalue weighted by Gasteiger charge is -2.46. The van der Waals surface area contributed by atoms with Crippen molar-refractivity contribution in [1.82, 2.24) is 19.5 Å².